The van der Waals surface area contributed by atoms with Gasteiger partial charge >= 0.3 is 0 Å². The van der Waals surface area contributed by atoms with Crippen molar-refractivity contribution in [3.8, 4) is 0 Å². The Morgan fingerprint density at radius 3 is 2.96 bits per heavy atom. The number of aromatic nitrogens is 1. The molecular formula is C17H14BrClN4O. The van der Waals surface area contributed by atoms with E-state index in [1.54, 1.807) is 24.4 Å². The Hall–Kier alpha value is -2.31. The fraction of sp³-hybridized carbons (Fsp3) is 0.0588. The minimum Gasteiger partial charge on any atom is -0.375 e. The zero-order chi connectivity index (χ0) is 16.9. The van der Waals surface area contributed by atoms with Gasteiger partial charge in [0, 0.05) is 37.8 Å². The van der Waals surface area contributed by atoms with E-state index in [-0.39, 0.29) is 12.5 Å². The van der Waals surface area contributed by atoms with E-state index in [2.05, 4.69) is 36.8 Å². The number of hydrogen-bond donors (Lipinski definition) is 3. The maximum Gasteiger partial charge on any atom is 0.259 e. The van der Waals surface area contributed by atoms with Crippen molar-refractivity contribution >= 4 is 56.2 Å². The van der Waals surface area contributed by atoms with Gasteiger partial charge in [0.15, 0.2) is 0 Å². The van der Waals surface area contributed by atoms with Gasteiger partial charge in [-0.15, -0.1) is 0 Å². The summed E-state index contributed by atoms with van der Waals surface area (Å²) >= 11 is 9.27. The number of carbonyl (C=O) groups excluding carboxylic acids is 1. The first-order chi connectivity index (χ1) is 11.6. The Labute approximate surface area is 152 Å². The van der Waals surface area contributed by atoms with Crippen LogP contribution in [0.3, 0.4) is 0 Å². The molecule has 1 aromatic heterocycles. The van der Waals surface area contributed by atoms with E-state index in [4.69, 9.17) is 11.6 Å². The van der Waals surface area contributed by atoms with Gasteiger partial charge in [-0.3, -0.25) is 4.79 Å². The Kier molecular flexibility index (Phi) is 5.17. The lowest BCUT2D eigenvalue weighted by molar-refractivity contribution is -0.119. The molecular weight excluding hydrogens is 392 g/mol. The number of H-pyrrole nitrogens is 1. The van der Waals surface area contributed by atoms with E-state index in [1.165, 1.54) is 0 Å². The number of amides is 1. The van der Waals surface area contributed by atoms with Crippen LogP contribution in [0.2, 0.25) is 5.02 Å². The van der Waals surface area contributed by atoms with E-state index in [0.29, 0.717) is 5.02 Å². The molecule has 0 aliphatic carbocycles. The Morgan fingerprint density at radius 2 is 2.12 bits per heavy atom. The number of nitrogens with zero attached hydrogens (tertiary/aromatic N) is 1. The van der Waals surface area contributed by atoms with Gasteiger partial charge in [0.1, 0.15) is 0 Å². The van der Waals surface area contributed by atoms with Crippen LogP contribution in [0.15, 0.2) is 58.2 Å². The summed E-state index contributed by atoms with van der Waals surface area (Å²) in [7, 11) is 0. The molecule has 3 rings (SSSR count). The van der Waals surface area contributed by atoms with Crippen molar-refractivity contribution < 1.29 is 4.79 Å². The van der Waals surface area contributed by atoms with Crippen LogP contribution in [0.1, 0.15) is 5.56 Å². The van der Waals surface area contributed by atoms with Crippen LogP contribution in [-0.4, -0.2) is 23.7 Å². The number of carbonyl (C=O) groups is 1. The summed E-state index contributed by atoms with van der Waals surface area (Å²) in [4.78, 5) is 15.0. The first-order valence-electron chi connectivity index (χ1n) is 7.20. The van der Waals surface area contributed by atoms with Crippen LogP contribution in [0, 0.1) is 0 Å². The molecule has 122 valence electrons. The average molecular weight is 406 g/mol. The number of hydrazone groups is 1. The maximum absolute atomic E-state index is 11.9. The normalized spacial score (nSPS) is 11.1. The number of fused-ring (bicyclic) bond motifs is 1. The van der Waals surface area contributed by atoms with Gasteiger partial charge in [-0.2, -0.15) is 5.10 Å². The minimum atomic E-state index is -0.243. The molecule has 0 saturated heterocycles. The predicted octanol–water partition coefficient (Wildman–Crippen LogP) is 4.15. The number of aromatic amines is 1. The monoisotopic (exact) mass is 404 g/mol. The second-order valence-electron chi connectivity index (χ2n) is 5.06. The van der Waals surface area contributed by atoms with Gasteiger partial charge in [0.25, 0.3) is 5.91 Å². The Balaban J connectivity index is 1.55. The molecule has 0 bridgehead atoms. The largest absolute Gasteiger partial charge is 0.375 e. The number of nitrogens with one attached hydrogen (secondary N) is 3. The van der Waals surface area contributed by atoms with Gasteiger partial charge in [-0.05, 0) is 40.2 Å². The van der Waals surface area contributed by atoms with E-state index >= 15 is 0 Å². The topological polar surface area (TPSA) is 69.3 Å². The minimum absolute atomic E-state index is 0.103. The van der Waals surface area contributed by atoms with Crippen molar-refractivity contribution in [2.75, 3.05) is 11.9 Å². The molecule has 0 fully saturated rings. The summed E-state index contributed by atoms with van der Waals surface area (Å²) in [5.74, 6) is -0.243. The molecule has 0 aliphatic rings. The standard InChI is InChI=1S/C17H14BrClN4O/c18-14-7-12(19)5-6-16(14)21-10-17(24)23-22-9-11-8-20-15-4-2-1-3-13(11)15/h1-9,20-21H,10H2,(H,23,24)/b22-9+. The number of halogens is 2. The fourth-order valence-electron chi connectivity index (χ4n) is 2.22. The van der Waals surface area contributed by atoms with Crippen molar-refractivity contribution in [3.63, 3.8) is 0 Å². The summed E-state index contributed by atoms with van der Waals surface area (Å²) in [6, 6.07) is 13.2. The summed E-state index contributed by atoms with van der Waals surface area (Å²) < 4.78 is 0.796. The Morgan fingerprint density at radius 1 is 1.29 bits per heavy atom. The maximum atomic E-state index is 11.9. The third kappa shape index (κ3) is 3.96. The number of anilines is 1. The lowest BCUT2D eigenvalue weighted by Gasteiger charge is -2.07. The van der Waals surface area contributed by atoms with Gasteiger partial charge in [0.2, 0.25) is 0 Å². The summed E-state index contributed by atoms with van der Waals surface area (Å²) in [6.45, 7) is 0.103. The number of rotatable bonds is 5. The second-order valence-corrected chi connectivity index (χ2v) is 6.35. The summed E-state index contributed by atoms with van der Waals surface area (Å²) in [6.07, 6.45) is 3.47. The van der Waals surface area contributed by atoms with Crippen LogP contribution in [0.5, 0.6) is 0 Å². The van der Waals surface area contributed by atoms with Gasteiger partial charge in [-0.25, -0.2) is 5.43 Å². The molecule has 0 aliphatic heterocycles. The highest BCUT2D eigenvalue weighted by Crippen LogP contribution is 2.25. The van der Waals surface area contributed by atoms with Crippen LogP contribution < -0.4 is 10.7 Å². The number of para-hydroxylation sites is 1. The summed E-state index contributed by atoms with van der Waals surface area (Å²) in [5.41, 5.74) is 5.23. The highest BCUT2D eigenvalue weighted by molar-refractivity contribution is 9.10. The third-order valence-electron chi connectivity index (χ3n) is 3.38. The molecule has 0 spiro atoms. The van der Waals surface area contributed by atoms with Crippen LogP contribution in [-0.2, 0) is 4.79 Å². The molecule has 7 heteroatoms. The highest BCUT2D eigenvalue weighted by atomic mass is 79.9. The van der Waals surface area contributed by atoms with Gasteiger partial charge < -0.3 is 10.3 Å². The molecule has 1 heterocycles. The first-order valence-corrected chi connectivity index (χ1v) is 8.37. The zero-order valence-corrected chi connectivity index (χ0v) is 14.9. The molecule has 0 atom stereocenters. The molecule has 0 saturated carbocycles. The third-order valence-corrected chi connectivity index (χ3v) is 4.28. The summed E-state index contributed by atoms with van der Waals surface area (Å²) in [5, 5.41) is 8.69. The number of hydrogen-bond acceptors (Lipinski definition) is 3. The van der Waals surface area contributed by atoms with Crippen molar-refractivity contribution in [2.45, 2.75) is 0 Å². The molecule has 3 aromatic rings. The van der Waals surface area contributed by atoms with Crippen molar-refractivity contribution in [1.29, 1.82) is 0 Å². The molecule has 1 amide bonds. The van der Waals surface area contributed by atoms with E-state index in [0.717, 1.165) is 26.6 Å². The van der Waals surface area contributed by atoms with Crippen molar-refractivity contribution in [1.82, 2.24) is 10.4 Å². The second kappa shape index (κ2) is 7.51. The van der Waals surface area contributed by atoms with Crippen LogP contribution in [0.4, 0.5) is 5.69 Å². The lowest BCUT2D eigenvalue weighted by atomic mass is 10.2. The zero-order valence-electron chi connectivity index (χ0n) is 12.5. The van der Waals surface area contributed by atoms with E-state index < -0.39 is 0 Å². The van der Waals surface area contributed by atoms with Crippen molar-refractivity contribution in [2.24, 2.45) is 5.10 Å². The Bertz CT molecular complexity index is 906. The molecule has 0 unspecified atom stereocenters. The van der Waals surface area contributed by atoms with Crippen molar-refractivity contribution in [3.05, 3.63) is 63.7 Å². The van der Waals surface area contributed by atoms with E-state index in [9.17, 15) is 4.79 Å². The fourth-order valence-corrected chi connectivity index (χ4v) is 3.05. The smallest absolute Gasteiger partial charge is 0.259 e. The highest BCUT2D eigenvalue weighted by Gasteiger charge is 2.04. The van der Waals surface area contributed by atoms with Gasteiger partial charge in [0.05, 0.1) is 12.8 Å². The molecule has 2 aromatic carbocycles. The molecule has 5 nitrogen and oxygen atoms in total. The molecule has 3 N–H and O–H groups in total. The first kappa shape index (κ1) is 16.5. The quantitative estimate of drug-likeness (QED) is 0.441. The molecule has 24 heavy (non-hydrogen) atoms. The van der Waals surface area contributed by atoms with E-state index in [1.807, 2.05) is 30.5 Å². The molecule has 0 radical (unpaired) electrons. The van der Waals surface area contributed by atoms with Crippen LogP contribution in [0.25, 0.3) is 10.9 Å². The lowest BCUT2D eigenvalue weighted by Crippen LogP contribution is -2.25. The SMILES string of the molecule is O=C(CNc1ccc(Cl)cc1Br)N/N=C/c1c[nH]c2ccccc12. The predicted molar refractivity (Wildman–Crippen MR) is 102 cm³/mol. The number of benzene rings is 2. The average Bonchev–Trinajstić information content (AvgIpc) is 2.97. The van der Waals surface area contributed by atoms with Crippen LogP contribution >= 0.6 is 27.5 Å². The van der Waals surface area contributed by atoms with Gasteiger partial charge in [-0.1, -0.05) is 29.8 Å².